The van der Waals surface area contributed by atoms with Crippen LogP contribution in [0.3, 0.4) is 0 Å². The van der Waals surface area contributed by atoms with Crippen LogP contribution in [0.15, 0.2) is 47.1 Å². The zero-order valence-electron chi connectivity index (χ0n) is 12.9. The van der Waals surface area contributed by atoms with E-state index in [0.717, 1.165) is 11.1 Å². The highest BCUT2D eigenvalue weighted by atomic mass is 16.5. The Bertz CT molecular complexity index is 659. The summed E-state index contributed by atoms with van der Waals surface area (Å²) in [6.07, 6.45) is 3.11. The molecule has 116 valence electrons. The third kappa shape index (κ3) is 3.91. The number of furan rings is 1. The zero-order chi connectivity index (χ0) is 15.9. The molecule has 0 spiro atoms. The number of carbonyl (C=O) groups excluding carboxylic acids is 1. The molecular weight excluding hydrogens is 282 g/mol. The number of benzene rings is 1. The van der Waals surface area contributed by atoms with Crippen molar-refractivity contribution in [1.82, 2.24) is 5.32 Å². The molecular formula is C17H19NO4. The van der Waals surface area contributed by atoms with Gasteiger partial charge in [0.1, 0.15) is 17.3 Å². The maximum absolute atomic E-state index is 12.0. The Morgan fingerprint density at radius 3 is 2.73 bits per heavy atom. The molecule has 2 aromatic rings. The minimum absolute atomic E-state index is 0.188. The van der Waals surface area contributed by atoms with E-state index in [1.165, 1.54) is 6.08 Å². The summed E-state index contributed by atoms with van der Waals surface area (Å²) in [7, 11) is 3.18. The molecule has 1 aromatic heterocycles. The van der Waals surface area contributed by atoms with Gasteiger partial charge in [0.2, 0.25) is 5.91 Å². The molecule has 2 rings (SSSR count). The first kappa shape index (κ1) is 15.7. The summed E-state index contributed by atoms with van der Waals surface area (Å²) in [6, 6.07) is 9.07. The molecule has 0 aliphatic heterocycles. The lowest BCUT2D eigenvalue weighted by atomic mass is 10.1. The topological polar surface area (TPSA) is 60.7 Å². The second-order valence-corrected chi connectivity index (χ2v) is 4.69. The molecule has 5 heteroatoms. The van der Waals surface area contributed by atoms with Crippen LogP contribution in [0.2, 0.25) is 0 Å². The van der Waals surface area contributed by atoms with Gasteiger partial charge in [0, 0.05) is 17.7 Å². The number of rotatable bonds is 6. The van der Waals surface area contributed by atoms with E-state index in [-0.39, 0.29) is 5.91 Å². The van der Waals surface area contributed by atoms with E-state index < -0.39 is 0 Å². The van der Waals surface area contributed by atoms with Gasteiger partial charge in [0.15, 0.2) is 0 Å². The van der Waals surface area contributed by atoms with Gasteiger partial charge in [-0.05, 0) is 36.8 Å². The van der Waals surface area contributed by atoms with Crippen LogP contribution >= 0.6 is 0 Å². The van der Waals surface area contributed by atoms with Gasteiger partial charge in [0.25, 0.3) is 0 Å². The molecule has 5 nitrogen and oxygen atoms in total. The predicted molar refractivity (Wildman–Crippen MR) is 83.8 cm³/mol. The zero-order valence-corrected chi connectivity index (χ0v) is 12.9. The largest absolute Gasteiger partial charge is 0.497 e. The number of hydrogen-bond donors (Lipinski definition) is 1. The molecule has 0 aliphatic rings. The number of methoxy groups -OCH3 is 2. The molecule has 0 aliphatic carbocycles. The van der Waals surface area contributed by atoms with Crippen LogP contribution in [0, 0.1) is 0 Å². The average molecular weight is 301 g/mol. The van der Waals surface area contributed by atoms with Crippen molar-refractivity contribution in [2.45, 2.75) is 13.5 Å². The van der Waals surface area contributed by atoms with E-state index in [4.69, 9.17) is 13.9 Å². The summed E-state index contributed by atoms with van der Waals surface area (Å²) >= 11 is 0. The molecule has 1 N–H and O–H groups in total. The van der Waals surface area contributed by atoms with E-state index in [9.17, 15) is 4.79 Å². The Balaban J connectivity index is 2.09. The fourth-order valence-corrected chi connectivity index (χ4v) is 2.04. The maximum atomic E-state index is 12.0. The second-order valence-electron chi connectivity index (χ2n) is 4.69. The van der Waals surface area contributed by atoms with Gasteiger partial charge in [-0.25, -0.2) is 0 Å². The summed E-state index contributed by atoms with van der Waals surface area (Å²) in [5, 5.41) is 2.77. The van der Waals surface area contributed by atoms with Crippen molar-refractivity contribution in [2.24, 2.45) is 0 Å². The Kier molecular flexibility index (Phi) is 5.25. The number of nitrogens with one attached hydrogen (secondary N) is 1. The standard InChI is InChI=1S/C17H19NO4/c1-12(9-17(19)18-11-14-5-4-8-22-14)15-7-6-13(20-2)10-16(15)21-3/h4-10H,11H2,1-3H3,(H,18,19)/b12-9+. The van der Waals surface area contributed by atoms with Gasteiger partial charge >= 0.3 is 0 Å². The number of ether oxygens (including phenoxy) is 2. The van der Waals surface area contributed by atoms with Crippen LogP contribution in [0.5, 0.6) is 11.5 Å². The third-order valence-electron chi connectivity index (χ3n) is 3.20. The van der Waals surface area contributed by atoms with Crippen molar-refractivity contribution in [3.05, 3.63) is 54.0 Å². The molecule has 1 amide bonds. The SMILES string of the molecule is COc1ccc(/C(C)=C/C(=O)NCc2ccco2)c(OC)c1. The average Bonchev–Trinajstić information content (AvgIpc) is 3.05. The van der Waals surface area contributed by atoms with Gasteiger partial charge in [-0.1, -0.05) is 0 Å². The third-order valence-corrected chi connectivity index (χ3v) is 3.20. The van der Waals surface area contributed by atoms with Crippen molar-refractivity contribution < 1.29 is 18.7 Å². The van der Waals surface area contributed by atoms with E-state index in [2.05, 4.69) is 5.32 Å². The fourth-order valence-electron chi connectivity index (χ4n) is 2.04. The van der Waals surface area contributed by atoms with Crippen molar-refractivity contribution in [2.75, 3.05) is 14.2 Å². The highest BCUT2D eigenvalue weighted by Gasteiger charge is 2.08. The first-order valence-electron chi connectivity index (χ1n) is 6.85. The van der Waals surface area contributed by atoms with Crippen LogP contribution in [-0.2, 0) is 11.3 Å². The van der Waals surface area contributed by atoms with Crippen LogP contribution < -0.4 is 14.8 Å². The Morgan fingerprint density at radius 1 is 1.27 bits per heavy atom. The smallest absolute Gasteiger partial charge is 0.244 e. The van der Waals surface area contributed by atoms with Crippen LogP contribution in [0.1, 0.15) is 18.2 Å². The van der Waals surface area contributed by atoms with Crippen LogP contribution in [0.4, 0.5) is 0 Å². The molecule has 0 saturated heterocycles. The quantitative estimate of drug-likeness (QED) is 0.833. The van der Waals surface area contributed by atoms with E-state index in [1.54, 1.807) is 32.6 Å². The summed E-state index contributed by atoms with van der Waals surface area (Å²) in [5.41, 5.74) is 1.65. The first-order valence-corrected chi connectivity index (χ1v) is 6.85. The Morgan fingerprint density at radius 2 is 2.09 bits per heavy atom. The number of carbonyl (C=O) groups is 1. The van der Waals surface area contributed by atoms with E-state index in [0.29, 0.717) is 23.8 Å². The summed E-state index contributed by atoms with van der Waals surface area (Å²) < 4.78 is 15.7. The summed E-state index contributed by atoms with van der Waals surface area (Å²) in [5.74, 6) is 1.89. The predicted octanol–water partition coefficient (Wildman–Crippen LogP) is 3.02. The Labute approximate surface area is 129 Å². The molecule has 0 radical (unpaired) electrons. The van der Waals surface area contributed by atoms with Gasteiger partial charge in [-0.3, -0.25) is 4.79 Å². The molecule has 22 heavy (non-hydrogen) atoms. The highest BCUT2D eigenvalue weighted by Crippen LogP contribution is 2.29. The normalized spacial score (nSPS) is 11.1. The van der Waals surface area contributed by atoms with Gasteiger partial charge in [-0.15, -0.1) is 0 Å². The molecule has 0 bridgehead atoms. The van der Waals surface area contributed by atoms with Crippen molar-refractivity contribution in [1.29, 1.82) is 0 Å². The monoisotopic (exact) mass is 301 g/mol. The summed E-state index contributed by atoms with van der Waals surface area (Å²) in [6.45, 7) is 2.21. The number of allylic oxidation sites excluding steroid dienone is 1. The van der Waals surface area contributed by atoms with E-state index >= 15 is 0 Å². The van der Waals surface area contributed by atoms with Gasteiger partial charge in [-0.2, -0.15) is 0 Å². The van der Waals surface area contributed by atoms with E-state index in [1.807, 2.05) is 25.1 Å². The molecule has 0 unspecified atom stereocenters. The maximum Gasteiger partial charge on any atom is 0.244 e. The Hall–Kier alpha value is -2.69. The summed E-state index contributed by atoms with van der Waals surface area (Å²) in [4.78, 5) is 12.0. The molecule has 0 atom stereocenters. The minimum atomic E-state index is -0.188. The van der Waals surface area contributed by atoms with Gasteiger partial charge < -0.3 is 19.2 Å². The lowest BCUT2D eigenvalue weighted by Crippen LogP contribution is -2.20. The minimum Gasteiger partial charge on any atom is -0.497 e. The molecule has 1 heterocycles. The van der Waals surface area contributed by atoms with Crippen molar-refractivity contribution in [3.63, 3.8) is 0 Å². The van der Waals surface area contributed by atoms with Crippen LogP contribution in [0.25, 0.3) is 5.57 Å². The lowest BCUT2D eigenvalue weighted by Gasteiger charge is -2.10. The first-order chi connectivity index (χ1) is 10.6. The molecule has 1 aromatic carbocycles. The number of hydrogen-bond acceptors (Lipinski definition) is 4. The lowest BCUT2D eigenvalue weighted by molar-refractivity contribution is -0.116. The number of amides is 1. The molecule has 0 saturated carbocycles. The van der Waals surface area contributed by atoms with Crippen molar-refractivity contribution >= 4 is 11.5 Å². The highest BCUT2D eigenvalue weighted by molar-refractivity contribution is 5.95. The van der Waals surface area contributed by atoms with Crippen LogP contribution in [-0.4, -0.2) is 20.1 Å². The van der Waals surface area contributed by atoms with Crippen molar-refractivity contribution in [3.8, 4) is 11.5 Å². The second kappa shape index (κ2) is 7.36. The van der Waals surface area contributed by atoms with Gasteiger partial charge in [0.05, 0.1) is 27.0 Å². The fraction of sp³-hybridized carbons (Fsp3) is 0.235. The molecule has 0 fully saturated rings.